The summed E-state index contributed by atoms with van der Waals surface area (Å²) in [4.78, 5) is 0. The average molecular weight is 351 g/mol. The molecule has 0 aliphatic carbocycles. The molecule has 0 aromatic rings. The smallest absolute Gasteiger partial charge is 1.00 e. The Kier molecular flexibility index (Phi) is 5.87. The molecule has 0 unspecified atom stereocenters. The van der Waals surface area contributed by atoms with E-state index in [9.17, 15) is 34.8 Å². The van der Waals surface area contributed by atoms with Crippen molar-refractivity contribution in [3.63, 3.8) is 0 Å². The van der Waals surface area contributed by atoms with E-state index in [0.717, 1.165) is 0 Å². The van der Waals surface area contributed by atoms with Crippen molar-refractivity contribution in [3.05, 3.63) is 0 Å². The van der Waals surface area contributed by atoms with E-state index < -0.39 is 24.4 Å². The fraction of sp³-hybridized carbons (Fsp3) is 1.00. The zero-order valence-corrected chi connectivity index (χ0v) is 9.29. The molecule has 0 saturated carbocycles. The molecule has 0 heterocycles. The van der Waals surface area contributed by atoms with E-state index in [2.05, 4.69) is 0 Å². The van der Waals surface area contributed by atoms with Gasteiger partial charge in [-0.05, 0) is 2.52 Å². The molecule has 3 nitrogen and oxygen atoms in total. The Bertz CT molecular complexity index is 288. The summed E-state index contributed by atoms with van der Waals surface area (Å²) < 4.78 is 87.4. The Morgan fingerprint density at radius 1 is 1.07 bits per heavy atom. The molecule has 0 rings (SSSR count). The first-order valence-electron chi connectivity index (χ1n) is 2.25. The van der Waals surface area contributed by atoms with Crippen molar-refractivity contribution >= 4 is 32.9 Å². The first kappa shape index (κ1) is 17.2. The van der Waals surface area contributed by atoms with Crippen molar-refractivity contribution in [2.45, 2.75) is 11.8 Å². The van der Waals surface area contributed by atoms with Crippen molar-refractivity contribution in [2.24, 2.45) is 0 Å². The van der Waals surface area contributed by atoms with E-state index in [-0.39, 0.29) is 43.2 Å². The van der Waals surface area contributed by atoms with Gasteiger partial charge in [-0.2, -0.15) is 26.3 Å². The van der Waals surface area contributed by atoms with Crippen LogP contribution in [0.15, 0.2) is 0 Å². The Balaban J connectivity index is -0.000000720. The quantitative estimate of drug-likeness (QED) is 0.203. The Labute approximate surface area is 102 Å². The first-order valence-corrected chi connectivity index (χ1v) is 4.65. The fourth-order valence-electron chi connectivity index (χ4n) is 0.227. The molecule has 0 fully saturated rings. The Morgan fingerprint density at radius 3 is 1.43 bits per heavy atom. The van der Waals surface area contributed by atoms with Gasteiger partial charge in [0, 0.05) is 22.9 Å². The van der Waals surface area contributed by atoms with Crippen molar-refractivity contribution in [1.82, 2.24) is 2.52 Å². The van der Waals surface area contributed by atoms with Crippen LogP contribution in [-0.4, -0.2) is 22.7 Å². The van der Waals surface area contributed by atoms with Crippen LogP contribution in [0.2, 0.25) is 0 Å². The molecular formula is C2HF6ILiNO2S. The maximum Gasteiger partial charge on any atom is 1.00 e. The van der Waals surface area contributed by atoms with Crippen LogP contribution in [0.3, 0.4) is 0 Å². The standard InChI is InChI=1S/C2F6INO2S.Li.H/c3-1(4,5)10(9)13(11,12)2(6,7)8;;/q;+1;-1. The van der Waals surface area contributed by atoms with E-state index in [1.807, 2.05) is 0 Å². The van der Waals surface area contributed by atoms with Gasteiger partial charge in [0.1, 0.15) is 0 Å². The normalized spacial score (nSPS) is 14.0. The van der Waals surface area contributed by atoms with Crippen molar-refractivity contribution in [3.8, 4) is 0 Å². The molecule has 0 amide bonds. The van der Waals surface area contributed by atoms with Crippen LogP contribution >= 0.6 is 22.9 Å². The second-order valence-electron chi connectivity index (χ2n) is 1.63. The topological polar surface area (TPSA) is 37.4 Å². The van der Waals surface area contributed by atoms with Gasteiger partial charge in [-0.3, -0.25) is 0 Å². The first-order chi connectivity index (χ1) is 5.40. The molecule has 12 heteroatoms. The molecule has 0 N–H and O–H groups in total. The SMILES string of the molecule is O=S(=O)(N(I)C(F)(F)F)C(F)(F)F.[H-].[Li+]. The largest absolute Gasteiger partial charge is 1.00 e. The molecule has 0 spiro atoms. The maximum absolute atomic E-state index is 11.5. The molecule has 0 bridgehead atoms. The minimum atomic E-state index is -6.34. The van der Waals surface area contributed by atoms with Gasteiger partial charge < -0.3 is 1.43 Å². The second-order valence-corrected chi connectivity index (χ2v) is 5.03. The molecule has 0 aliphatic rings. The third-order valence-electron chi connectivity index (χ3n) is 0.703. The second kappa shape index (κ2) is 4.77. The van der Waals surface area contributed by atoms with Gasteiger partial charge in [-0.25, -0.2) is 8.42 Å². The van der Waals surface area contributed by atoms with E-state index in [1.165, 1.54) is 0 Å². The van der Waals surface area contributed by atoms with Gasteiger partial charge in [-0.1, -0.05) is 0 Å². The minimum Gasteiger partial charge on any atom is -1.00 e. The van der Waals surface area contributed by atoms with E-state index in [4.69, 9.17) is 0 Å². The van der Waals surface area contributed by atoms with E-state index in [1.54, 1.807) is 0 Å². The van der Waals surface area contributed by atoms with Gasteiger partial charge in [-0.15, -0.1) is 0 Å². The van der Waals surface area contributed by atoms with Gasteiger partial charge in [0.25, 0.3) is 0 Å². The van der Waals surface area contributed by atoms with Crippen molar-refractivity contribution < 1.29 is 55.0 Å². The van der Waals surface area contributed by atoms with Crippen LogP contribution in [0.1, 0.15) is 1.43 Å². The van der Waals surface area contributed by atoms with Gasteiger partial charge >= 0.3 is 40.7 Å². The summed E-state index contributed by atoms with van der Waals surface area (Å²) in [5, 5.41) is 0. The Hall–Kier alpha value is 0.817. The number of alkyl halides is 6. The van der Waals surface area contributed by atoms with Crippen LogP contribution in [0, 0.1) is 0 Å². The van der Waals surface area contributed by atoms with E-state index in [0.29, 0.717) is 0 Å². The molecule has 0 aromatic carbocycles. The zero-order chi connectivity index (χ0) is 11.1. The fourth-order valence-corrected chi connectivity index (χ4v) is 1.35. The summed E-state index contributed by atoms with van der Waals surface area (Å²) in [6, 6.07) is 0. The molecule has 0 saturated heterocycles. The monoisotopic (exact) mass is 351 g/mol. The summed E-state index contributed by atoms with van der Waals surface area (Å²) in [6.07, 6.45) is -5.59. The third kappa shape index (κ3) is 3.76. The Morgan fingerprint density at radius 2 is 1.36 bits per heavy atom. The zero-order valence-electron chi connectivity index (χ0n) is 7.32. The van der Waals surface area contributed by atoms with E-state index >= 15 is 0 Å². The molecule has 14 heavy (non-hydrogen) atoms. The van der Waals surface area contributed by atoms with Crippen LogP contribution < -0.4 is 18.9 Å². The minimum absolute atomic E-state index is 0. The third-order valence-corrected chi connectivity index (χ3v) is 4.02. The number of hydrogen-bond acceptors (Lipinski definition) is 2. The van der Waals surface area contributed by atoms with Crippen LogP contribution in [0.25, 0.3) is 0 Å². The molecule has 82 valence electrons. The summed E-state index contributed by atoms with van der Waals surface area (Å²) in [6.45, 7) is 0. The number of hydrogen-bond donors (Lipinski definition) is 0. The predicted molar refractivity (Wildman–Crippen MR) is 38.0 cm³/mol. The predicted octanol–water partition coefficient (Wildman–Crippen LogP) is -0.876. The summed E-state index contributed by atoms with van der Waals surface area (Å²) in [5.41, 5.74) is -5.95. The average Bonchev–Trinajstić information content (AvgIpc) is 1.81. The summed E-state index contributed by atoms with van der Waals surface area (Å²) >= 11 is 0.0166. The van der Waals surface area contributed by atoms with Gasteiger partial charge in [0.2, 0.25) is 0 Å². The number of halogens is 7. The van der Waals surface area contributed by atoms with Crippen molar-refractivity contribution in [2.75, 3.05) is 0 Å². The summed E-state index contributed by atoms with van der Waals surface area (Å²) in [7, 11) is -6.34. The molecule has 0 atom stereocenters. The number of sulfonamides is 1. The van der Waals surface area contributed by atoms with Crippen LogP contribution in [0.5, 0.6) is 0 Å². The molecule has 0 aliphatic heterocycles. The number of rotatable bonds is 1. The molecule has 0 radical (unpaired) electrons. The maximum atomic E-state index is 11.5. The summed E-state index contributed by atoms with van der Waals surface area (Å²) in [5.74, 6) is 0. The van der Waals surface area contributed by atoms with Gasteiger partial charge in [0.05, 0.1) is 0 Å². The number of nitrogens with zero attached hydrogens (tertiary/aromatic N) is 1. The van der Waals surface area contributed by atoms with Crippen LogP contribution in [0.4, 0.5) is 26.3 Å². The van der Waals surface area contributed by atoms with Crippen LogP contribution in [-0.2, 0) is 10.0 Å². The van der Waals surface area contributed by atoms with Crippen molar-refractivity contribution in [1.29, 1.82) is 0 Å². The molecular weight excluding hydrogens is 350 g/mol. The van der Waals surface area contributed by atoms with Gasteiger partial charge in [0.15, 0.2) is 0 Å². The molecule has 0 aromatic heterocycles.